The molecule has 0 unspecified atom stereocenters. The highest BCUT2D eigenvalue weighted by Gasteiger charge is 2.44. The predicted molar refractivity (Wildman–Crippen MR) is 74.3 cm³/mol. The number of imide groups is 1. The van der Waals surface area contributed by atoms with E-state index in [0.29, 0.717) is 10.6 Å². The fraction of sp³-hybridized carbons (Fsp3) is 0.308. The zero-order valence-electron chi connectivity index (χ0n) is 10.7. The van der Waals surface area contributed by atoms with Crippen LogP contribution in [0.4, 0.5) is 4.79 Å². The molecule has 2 heterocycles. The van der Waals surface area contributed by atoms with Crippen LogP contribution in [-0.4, -0.2) is 53.4 Å². The average molecular weight is 329 g/mol. The summed E-state index contributed by atoms with van der Waals surface area (Å²) in [6.07, 6.45) is -0.651. The Hall–Kier alpha value is -1.79. The maximum atomic E-state index is 12.3. The van der Waals surface area contributed by atoms with Gasteiger partial charge < -0.3 is 9.64 Å². The number of benzene rings is 1. The standard InChI is InChI=1S/C13H10Cl2N2O4/c14-7-1-2-9(10(15)3-7)12(19)16-4-8(5-16)17-11(18)6-21-13(17)20/h1-3,8H,4-6H2. The van der Waals surface area contributed by atoms with Crippen molar-refractivity contribution in [2.24, 2.45) is 0 Å². The predicted octanol–water partition coefficient (Wildman–Crippen LogP) is 1.80. The highest BCUT2D eigenvalue weighted by atomic mass is 35.5. The van der Waals surface area contributed by atoms with Crippen LogP contribution in [0.15, 0.2) is 18.2 Å². The van der Waals surface area contributed by atoms with E-state index in [1.165, 1.54) is 11.0 Å². The van der Waals surface area contributed by atoms with Gasteiger partial charge in [-0.1, -0.05) is 23.2 Å². The lowest BCUT2D eigenvalue weighted by atomic mass is 10.1. The quantitative estimate of drug-likeness (QED) is 0.830. The van der Waals surface area contributed by atoms with E-state index < -0.39 is 6.09 Å². The topological polar surface area (TPSA) is 66.9 Å². The molecular weight excluding hydrogens is 319 g/mol. The maximum Gasteiger partial charge on any atom is 0.417 e. The fourth-order valence-corrected chi connectivity index (χ4v) is 2.82. The first-order valence-corrected chi connectivity index (χ1v) is 6.96. The lowest BCUT2D eigenvalue weighted by Crippen LogP contribution is -2.62. The molecule has 3 amide bonds. The summed E-state index contributed by atoms with van der Waals surface area (Å²) in [5.74, 6) is -0.630. The first-order valence-electron chi connectivity index (χ1n) is 6.20. The molecule has 0 aliphatic carbocycles. The molecule has 1 aromatic carbocycles. The van der Waals surface area contributed by atoms with E-state index in [1.807, 2.05) is 0 Å². The first kappa shape index (κ1) is 14.2. The zero-order chi connectivity index (χ0) is 15.1. The summed E-state index contributed by atoms with van der Waals surface area (Å²) in [6, 6.07) is 4.30. The van der Waals surface area contributed by atoms with Gasteiger partial charge in [-0.2, -0.15) is 0 Å². The van der Waals surface area contributed by atoms with Crippen molar-refractivity contribution in [2.75, 3.05) is 19.7 Å². The van der Waals surface area contributed by atoms with E-state index in [0.717, 1.165) is 4.90 Å². The van der Waals surface area contributed by atoms with Gasteiger partial charge in [-0.25, -0.2) is 9.69 Å². The van der Waals surface area contributed by atoms with Crippen LogP contribution in [0.5, 0.6) is 0 Å². The molecule has 6 nitrogen and oxygen atoms in total. The van der Waals surface area contributed by atoms with Crippen molar-refractivity contribution in [3.05, 3.63) is 33.8 Å². The van der Waals surface area contributed by atoms with Gasteiger partial charge in [0.25, 0.3) is 11.8 Å². The summed E-state index contributed by atoms with van der Waals surface area (Å²) in [4.78, 5) is 37.7. The van der Waals surface area contributed by atoms with Gasteiger partial charge in [-0.15, -0.1) is 0 Å². The third-order valence-corrected chi connectivity index (χ3v) is 4.01. The van der Waals surface area contributed by atoms with Crippen LogP contribution in [0.2, 0.25) is 10.0 Å². The lowest BCUT2D eigenvalue weighted by molar-refractivity contribution is -0.129. The first-order chi connectivity index (χ1) is 9.97. The Bertz CT molecular complexity index is 627. The zero-order valence-corrected chi connectivity index (χ0v) is 12.2. The number of cyclic esters (lactones) is 1. The minimum absolute atomic E-state index is 0.230. The Morgan fingerprint density at radius 1 is 1.24 bits per heavy atom. The number of likely N-dealkylation sites (tertiary alicyclic amines) is 1. The third kappa shape index (κ3) is 2.45. The number of nitrogens with zero attached hydrogens (tertiary/aromatic N) is 2. The summed E-state index contributed by atoms with van der Waals surface area (Å²) in [5.41, 5.74) is 0.342. The molecule has 2 saturated heterocycles. The van der Waals surface area contributed by atoms with Crippen molar-refractivity contribution in [3.8, 4) is 0 Å². The van der Waals surface area contributed by atoms with Gasteiger partial charge >= 0.3 is 6.09 Å². The smallest absolute Gasteiger partial charge is 0.417 e. The van der Waals surface area contributed by atoms with Gasteiger partial charge in [0.05, 0.1) is 16.6 Å². The van der Waals surface area contributed by atoms with Gasteiger partial charge in [0, 0.05) is 18.1 Å². The molecule has 3 rings (SSSR count). The summed E-state index contributed by atoms with van der Waals surface area (Å²) in [6.45, 7) is 0.323. The van der Waals surface area contributed by atoms with Crippen molar-refractivity contribution >= 4 is 41.1 Å². The second kappa shape index (κ2) is 5.20. The van der Waals surface area contributed by atoms with Crippen LogP contribution >= 0.6 is 23.2 Å². The maximum absolute atomic E-state index is 12.3. The van der Waals surface area contributed by atoms with Crippen molar-refractivity contribution in [1.29, 1.82) is 0 Å². The highest BCUT2D eigenvalue weighted by molar-refractivity contribution is 6.36. The Labute approximate surface area is 130 Å². The fourth-order valence-electron chi connectivity index (χ4n) is 2.33. The third-order valence-electron chi connectivity index (χ3n) is 3.46. The van der Waals surface area contributed by atoms with Crippen molar-refractivity contribution in [1.82, 2.24) is 9.80 Å². The molecule has 0 radical (unpaired) electrons. The van der Waals surface area contributed by atoms with E-state index in [4.69, 9.17) is 23.2 Å². The van der Waals surface area contributed by atoms with Crippen LogP contribution in [0.1, 0.15) is 10.4 Å². The molecule has 1 aromatic rings. The Morgan fingerprint density at radius 3 is 2.52 bits per heavy atom. The molecule has 2 fully saturated rings. The Morgan fingerprint density at radius 2 is 1.95 bits per heavy atom. The number of hydrogen-bond acceptors (Lipinski definition) is 4. The molecular formula is C13H10Cl2N2O4. The molecule has 110 valence electrons. The molecule has 2 aliphatic heterocycles. The second-order valence-corrected chi connectivity index (χ2v) is 5.65. The number of hydrogen-bond donors (Lipinski definition) is 0. The van der Waals surface area contributed by atoms with E-state index in [2.05, 4.69) is 4.74 Å². The SMILES string of the molecule is O=C(c1ccc(Cl)cc1Cl)N1CC(N2C(=O)COC2=O)C1. The minimum Gasteiger partial charge on any atom is -0.439 e. The van der Waals surface area contributed by atoms with Gasteiger partial charge in [-0.3, -0.25) is 9.59 Å². The minimum atomic E-state index is -0.651. The van der Waals surface area contributed by atoms with Crippen LogP contribution in [0, 0.1) is 0 Å². The normalized spacial score (nSPS) is 18.8. The molecule has 0 aromatic heterocycles. The molecule has 21 heavy (non-hydrogen) atoms. The Kier molecular flexibility index (Phi) is 3.51. The number of carbonyl (C=O) groups is 3. The molecule has 0 atom stereocenters. The average Bonchev–Trinajstić information content (AvgIpc) is 2.69. The molecule has 0 bridgehead atoms. The largest absolute Gasteiger partial charge is 0.439 e. The van der Waals surface area contributed by atoms with Crippen molar-refractivity contribution in [3.63, 3.8) is 0 Å². The lowest BCUT2D eigenvalue weighted by Gasteiger charge is -2.42. The van der Waals surface area contributed by atoms with E-state index in [1.54, 1.807) is 12.1 Å². The second-order valence-electron chi connectivity index (χ2n) is 4.81. The van der Waals surface area contributed by atoms with Gasteiger partial charge in [0.1, 0.15) is 0 Å². The summed E-state index contributed by atoms with van der Waals surface area (Å²) < 4.78 is 4.65. The van der Waals surface area contributed by atoms with Crippen molar-refractivity contribution in [2.45, 2.75) is 6.04 Å². The van der Waals surface area contributed by atoms with E-state index in [9.17, 15) is 14.4 Å². The summed E-state index contributed by atoms with van der Waals surface area (Å²) in [5, 5.41) is 0.719. The van der Waals surface area contributed by atoms with E-state index >= 15 is 0 Å². The Balaban J connectivity index is 1.67. The van der Waals surface area contributed by atoms with Gasteiger partial charge in [-0.05, 0) is 18.2 Å². The number of halogens is 2. The monoisotopic (exact) mass is 328 g/mol. The van der Waals surface area contributed by atoms with Crippen LogP contribution in [0.25, 0.3) is 0 Å². The molecule has 0 N–H and O–H groups in total. The van der Waals surface area contributed by atoms with Crippen LogP contribution in [0.3, 0.4) is 0 Å². The van der Waals surface area contributed by atoms with Gasteiger partial charge in [0.2, 0.25) is 0 Å². The molecule has 0 spiro atoms. The molecule has 0 saturated carbocycles. The number of ether oxygens (including phenoxy) is 1. The number of rotatable bonds is 2. The number of amides is 3. The van der Waals surface area contributed by atoms with E-state index in [-0.39, 0.29) is 42.6 Å². The number of carbonyl (C=O) groups excluding carboxylic acids is 3. The molecule has 2 aliphatic rings. The van der Waals surface area contributed by atoms with Crippen LogP contribution in [-0.2, 0) is 9.53 Å². The summed E-state index contributed by atoms with van der Waals surface area (Å²) in [7, 11) is 0. The summed E-state index contributed by atoms with van der Waals surface area (Å²) >= 11 is 11.8. The van der Waals surface area contributed by atoms with Gasteiger partial charge in [0.15, 0.2) is 6.61 Å². The van der Waals surface area contributed by atoms with Crippen molar-refractivity contribution < 1.29 is 19.1 Å². The highest BCUT2D eigenvalue weighted by Crippen LogP contribution is 2.26. The van der Waals surface area contributed by atoms with Crippen LogP contribution < -0.4 is 0 Å². The molecule has 8 heteroatoms.